The number of benzene rings is 1. The van der Waals surface area contributed by atoms with Crippen LogP contribution in [0, 0.1) is 0 Å². The van der Waals surface area contributed by atoms with Crippen molar-refractivity contribution in [3.05, 3.63) is 48.6 Å². The van der Waals surface area contributed by atoms with Crippen LogP contribution in [0.1, 0.15) is 12.5 Å². The Morgan fingerprint density at radius 1 is 1.33 bits per heavy atom. The van der Waals surface area contributed by atoms with Gasteiger partial charge in [-0.1, -0.05) is 36.4 Å². The van der Waals surface area contributed by atoms with E-state index in [1.54, 1.807) is 6.08 Å². The van der Waals surface area contributed by atoms with E-state index < -0.39 is 0 Å². The van der Waals surface area contributed by atoms with Crippen LogP contribution < -0.4 is 5.73 Å². The van der Waals surface area contributed by atoms with Crippen molar-refractivity contribution in [3.63, 3.8) is 0 Å². The summed E-state index contributed by atoms with van der Waals surface area (Å²) in [5.74, 6) is 0. The fourth-order valence-electron chi connectivity index (χ4n) is 0.811. The normalized spacial score (nSPS) is 8.17. The van der Waals surface area contributed by atoms with E-state index in [0.29, 0.717) is 0 Å². The summed E-state index contributed by atoms with van der Waals surface area (Å²) < 4.78 is 0. The molecule has 1 nitrogen and oxygen atoms in total. The summed E-state index contributed by atoms with van der Waals surface area (Å²) in [4.78, 5) is 0. The Kier molecular flexibility index (Phi) is 7.30. The topological polar surface area (TPSA) is 26.0 Å². The SMILES string of the molecule is C=CC.NCCc1ccccc1. The van der Waals surface area contributed by atoms with Gasteiger partial charge in [-0.25, -0.2) is 0 Å². The molecule has 0 fully saturated rings. The Morgan fingerprint density at radius 2 is 1.83 bits per heavy atom. The van der Waals surface area contributed by atoms with E-state index in [1.165, 1.54) is 5.56 Å². The van der Waals surface area contributed by atoms with Gasteiger partial charge in [-0.15, -0.1) is 6.58 Å². The highest BCUT2D eigenvalue weighted by atomic mass is 14.5. The lowest BCUT2D eigenvalue weighted by atomic mass is 10.2. The Morgan fingerprint density at radius 3 is 2.25 bits per heavy atom. The first-order chi connectivity index (χ1) is 5.85. The average molecular weight is 163 g/mol. The van der Waals surface area contributed by atoms with E-state index in [2.05, 4.69) is 18.7 Å². The second-order valence-corrected chi connectivity index (χ2v) is 2.43. The van der Waals surface area contributed by atoms with Crippen LogP contribution in [0.5, 0.6) is 0 Å². The molecule has 0 aliphatic heterocycles. The minimum atomic E-state index is 0.740. The summed E-state index contributed by atoms with van der Waals surface area (Å²) in [6, 6.07) is 10.3. The van der Waals surface area contributed by atoms with Crippen LogP contribution in [0.3, 0.4) is 0 Å². The van der Waals surface area contributed by atoms with E-state index >= 15 is 0 Å². The molecule has 0 saturated carbocycles. The van der Waals surface area contributed by atoms with Crippen LogP contribution in [0.4, 0.5) is 0 Å². The first kappa shape index (κ1) is 10.9. The van der Waals surface area contributed by atoms with Crippen LogP contribution in [-0.2, 0) is 6.42 Å². The lowest BCUT2D eigenvalue weighted by Gasteiger charge is -1.93. The minimum Gasteiger partial charge on any atom is -0.330 e. The molecule has 1 rings (SSSR count). The van der Waals surface area contributed by atoms with Crippen LogP contribution in [0.15, 0.2) is 43.0 Å². The van der Waals surface area contributed by atoms with Crippen molar-refractivity contribution in [3.8, 4) is 0 Å². The molecule has 2 N–H and O–H groups in total. The molecule has 0 aliphatic carbocycles. The standard InChI is InChI=1S/C8H11N.C3H6/c9-7-6-8-4-2-1-3-5-8;1-3-2/h1-5H,6-7,9H2;3H,1H2,2H3. The summed E-state index contributed by atoms with van der Waals surface area (Å²) in [7, 11) is 0. The highest BCUT2D eigenvalue weighted by molar-refractivity contribution is 5.14. The molecule has 0 heterocycles. The van der Waals surface area contributed by atoms with Crippen molar-refractivity contribution >= 4 is 0 Å². The van der Waals surface area contributed by atoms with Gasteiger partial charge in [0.05, 0.1) is 0 Å². The highest BCUT2D eigenvalue weighted by Gasteiger charge is 1.84. The van der Waals surface area contributed by atoms with E-state index in [-0.39, 0.29) is 0 Å². The molecule has 1 aromatic carbocycles. The monoisotopic (exact) mass is 163 g/mol. The summed E-state index contributed by atoms with van der Waals surface area (Å²) >= 11 is 0. The summed E-state index contributed by atoms with van der Waals surface area (Å²) in [6.45, 7) is 5.99. The van der Waals surface area contributed by atoms with Gasteiger partial charge in [0.25, 0.3) is 0 Å². The van der Waals surface area contributed by atoms with Gasteiger partial charge < -0.3 is 5.73 Å². The van der Waals surface area contributed by atoms with Crippen molar-refractivity contribution in [2.75, 3.05) is 6.54 Å². The van der Waals surface area contributed by atoms with E-state index in [9.17, 15) is 0 Å². The molecule has 0 radical (unpaired) electrons. The zero-order valence-electron chi connectivity index (χ0n) is 7.66. The third kappa shape index (κ3) is 5.69. The van der Waals surface area contributed by atoms with Gasteiger partial charge in [-0.2, -0.15) is 0 Å². The van der Waals surface area contributed by atoms with Gasteiger partial charge in [0.2, 0.25) is 0 Å². The predicted octanol–water partition coefficient (Wildman–Crippen LogP) is 2.38. The molecule has 0 amide bonds. The Balaban J connectivity index is 0.000000354. The number of allylic oxidation sites excluding steroid dienone is 1. The second kappa shape index (κ2) is 8.02. The Hall–Kier alpha value is -1.08. The summed E-state index contributed by atoms with van der Waals surface area (Å²) in [5, 5.41) is 0. The fraction of sp³-hybridized carbons (Fsp3) is 0.273. The molecule has 0 bridgehead atoms. The van der Waals surface area contributed by atoms with Gasteiger partial charge in [0, 0.05) is 0 Å². The maximum atomic E-state index is 5.36. The lowest BCUT2D eigenvalue weighted by Crippen LogP contribution is -2.01. The molecule has 0 atom stereocenters. The number of nitrogens with two attached hydrogens (primary N) is 1. The van der Waals surface area contributed by atoms with Gasteiger partial charge >= 0.3 is 0 Å². The molecule has 1 aromatic rings. The first-order valence-corrected chi connectivity index (χ1v) is 4.16. The number of hydrogen-bond acceptors (Lipinski definition) is 1. The molecule has 66 valence electrons. The molecule has 0 aliphatic rings. The van der Waals surface area contributed by atoms with Crippen molar-refractivity contribution in [1.29, 1.82) is 0 Å². The molecule has 0 spiro atoms. The van der Waals surface area contributed by atoms with Crippen LogP contribution in [0.25, 0.3) is 0 Å². The minimum absolute atomic E-state index is 0.740. The smallest absolute Gasteiger partial charge is 0.00367 e. The molecule has 1 heteroatoms. The third-order valence-corrected chi connectivity index (χ3v) is 1.28. The predicted molar refractivity (Wildman–Crippen MR) is 55.1 cm³/mol. The quantitative estimate of drug-likeness (QED) is 0.665. The fourth-order valence-corrected chi connectivity index (χ4v) is 0.811. The number of rotatable bonds is 2. The molecular weight excluding hydrogens is 146 g/mol. The van der Waals surface area contributed by atoms with Gasteiger partial charge in [-0.05, 0) is 25.5 Å². The van der Waals surface area contributed by atoms with Gasteiger partial charge in [-0.3, -0.25) is 0 Å². The summed E-state index contributed by atoms with van der Waals surface area (Å²) in [6.07, 6.45) is 2.74. The second-order valence-electron chi connectivity index (χ2n) is 2.43. The van der Waals surface area contributed by atoms with E-state index in [0.717, 1.165) is 13.0 Å². The first-order valence-electron chi connectivity index (χ1n) is 4.16. The average Bonchev–Trinajstić information content (AvgIpc) is 2.08. The summed E-state index contributed by atoms with van der Waals surface area (Å²) in [5.41, 5.74) is 6.68. The number of hydrogen-bond donors (Lipinski definition) is 1. The Labute approximate surface area is 74.9 Å². The molecule has 0 saturated heterocycles. The maximum Gasteiger partial charge on any atom is -0.00367 e. The molecule has 12 heavy (non-hydrogen) atoms. The largest absolute Gasteiger partial charge is 0.330 e. The van der Waals surface area contributed by atoms with Crippen molar-refractivity contribution < 1.29 is 0 Å². The van der Waals surface area contributed by atoms with Gasteiger partial charge in [0.1, 0.15) is 0 Å². The van der Waals surface area contributed by atoms with Crippen molar-refractivity contribution in [2.24, 2.45) is 5.73 Å². The highest BCUT2D eigenvalue weighted by Crippen LogP contribution is 1.96. The van der Waals surface area contributed by atoms with Crippen molar-refractivity contribution in [1.82, 2.24) is 0 Å². The van der Waals surface area contributed by atoms with Crippen LogP contribution >= 0.6 is 0 Å². The van der Waals surface area contributed by atoms with Crippen molar-refractivity contribution in [2.45, 2.75) is 13.3 Å². The van der Waals surface area contributed by atoms with Crippen LogP contribution in [0.2, 0.25) is 0 Å². The van der Waals surface area contributed by atoms with Gasteiger partial charge in [0.15, 0.2) is 0 Å². The van der Waals surface area contributed by atoms with Crippen LogP contribution in [-0.4, -0.2) is 6.54 Å². The Bertz CT molecular complexity index is 191. The van der Waals surface area contributed by atoms with E-state index in [4.69, 9.17) is 5.73 Å². The molecular formula is C11H17N. The lowest BCUT2D eigenvalue weighted by molar-refractivity contribution is 0.969. The molecule has 0 aromatic heterocycles. The molecule has 0 unspecified atom stereocenters. The van der Waals surface area contributed by atoms with E-state index in [1.807, 2.05) is 25.1 Å². The zero-order chi connectivity index (χ0) is 9.23. The maximum absolute atomic E-state index is 5.36. The third-order valence-electron chi connectivity index (χ3n) is 1.28. The zero-order valence-corrected chi connectivity index (χ0v) is 7.66.